The minimum atomic E-state index is -1.26. The number of oxime groups is 1. The van der Waals surface area contributed by atoms with Crippen molar-refractivity contribution in [1.82, 2.24) is 15.8 Å². The molecular weight excluding hydrogens is 342 g/mol. The Balaban J connectivity index is 2.21. The lowest BCUT2D eigenvalue weighted by Crippen LogP contribution is -2.54. The van der Waals surface area contributed by atoms with E-state index in [4.69, 9.17) is 15.7 Å². The van der Waals surface area contributed by atoms with Crippen LogP contribution in [0.2, 0.25) is 0 Å². The molecule has 24 heavy (non-hydrogen) atoms. The zero-order valence-corrected chi connectivity index (χ0v) is 13.5. The van der Waals surface area contributed by atoms with Crippen molar-refractivity contribution in [3.63, 3.8) is 0 Å². The van der Waals surface area contributed by atoms with Crippen molar-refractivity contribution in [3.05, 3.63) is 11.1 Å². The van der Waals surface area contributed by atoms with Crippen LogP contribution in [0.3, 0.4) is 0 Å². The normalized spacial score (nSPS) is 19.7. The van der Waals surface area contributed by atoms with Crippen molar-refractivity contribution in [2.24, 2.45) is 5.16 Å². The van der Waals surface area contributed by atoms with E-state index in [0.29, 0.717) is 0 Å². The van der Waals surface area contributed by atoms with E-state index >= 15 is 0 Å². The molecule has 0 aliphatic carbocycles. The molecule has 0 saturated carbocycles. The monoisotopic (exact) mass is 357 g/mol. The molecule has 12 heteroatoms. The number of rotatable bonds is 6. The van der Waals surface area contributed by atoms with Gasteiger partial charge in [-0.1, -0.05) is 5.16 Å². The lowest BCUT2D eigenvalue weighted by molar-refractivity contribution is -0.145. The average molecular weight is 357 g/mol. The summed E-state index contributed by atoms with van der Waals surface area (Å²) in [5.41, 5.74) is 6.96. The van der Waals surface area contributed by atoms with Crippen LogP contribution < -0.4 is 16.5 Å². The molecule has 2 heterocycles. The first-order chi connectivity index (χ1) is 11.2. The zero-order chi connectivity index (χ0) is 17.9. The van der Waals surface area contributed by atoms with Gasteiger partial charge in [0.2, 0.25) is 6.61 Å². The summed E-state index contributed by atoms with van der Waals surface area (Å²) in [4.78, 5) is 47.9. The second-order valence-electron chi connectivity index (χ2n) is 5.33. The number of nitrogen functional groups attached to an aromatic ring is 1. The van der Waals surface area contributed by atoms with Crippen LogP contribution in [0.1, 0.15) is 19.5 Å². The number of carbonyl (C=O) groups excluding carboxylic acids is 2. The molecule has 1 saturated heterocycles. The molecule has 11 nitrogen and oxygen atoms in total. The molecule has 0 unspecified atom stereocenters. The van der Waals surface area contributed by atoms with Crippen molar-refractivity contribution in [2.75, 3.05) is 12.3 Å². The molecule has 5 N–H and O–H groups in total. The van der Waals surface area contributed by atoms with Gasteiger partial charge in [-0.15, -0.1) is 16.8 Å². The maximum absolute atomic E-state index is 12.4. The van der Waals surface area contributed by atoms with E-state index in [1.54, 1.807) is 13.8 Å². The third-order valence-corrected chi connectivity index (χ3v) is 3.64. The van der Waals surface area contributed by atoms with Crippen molar-refractivity contribution >= 4 is 40.0 Å². The fourth-order valence-corrected chi connectivity index (χ4v) is 2.33. The van der Waals surface area contributed by atoms with E-state index in [0.717, 1.165) is 11.3 Å². The number of aromatic nitrogens is 1. The second kappa shape index (κ2) is 6.80. The van der Waals surface area contributed by atoms with Gasteiger partial charge >= 0.3 is 11.9 Å². The van der Waals surface area contributed by atoms with Crippen LogP contribution in [0.15, 0.2) is 10.5 Å². The third kappa shape index (κ3) is 3.97. The van der Waals surface area contributed by atoms with Crippen LogP contribution in [-0.4, -0.2) is 51.8 Å². The number of hydrogen-bond donors (Lipinski definition) is 4. The largest absolute Gasteiger partial charge is 0.479 e. The molecule has 1 aromatic heterocycles. The lowest BCUT2D eigenvalue weighted by Gasteiger charge is -2.22. The molecular formula is C12H15N5O6S. The number of aliphatic carboxylic acids is 1. The number of carbonyl (C=O) groups is 3. The molecule has 1 amide bonds. The van der Waals surface area contributed by atoms with Crippen molar-refractivity contribution in [3.8, 4) is 0 Å². The topological polar surface area (TPSA) is 165 Å². The Kier molecular flexibility index (Phi) is 4.99. The van der Waals surface area contributed by atoms with E-state index < -0.39 is 36.0 Å². The molecule has 0 radical (unpaired) electrons. The Morgan fingerprint density at radius 1 is 1.62 bits per heavy atom. The zero-order valence-electron chi connectivity index (χ0n) is 12.7. The Morgan fingerprint density at radius 2 is 2.33 bits per heavy atom. The number of nitrogens with two attached hydrogens (primary N) is 1. The SMILES string of the molecule is CC1(C)NOC(=O)[C@H]1NC(=O)/C(=N\OCC(=O)O)c1csc(N)n1. The maximum Gasteiger partial charge on any atom is 0.349 e. The highest BCUT2D eigenvalue weighted by Gasteiger charge is 2.45. The molecule has 0 aromatic carbocycles. The maximum atomic E-state index is 12.4. The Labute approximate surface area is 139 Å². The molecule has 1 aliphatic heterocycles. The fourth-order valence-electron chi connectivity index (χ4n) is 1.79. The average Bonchev–Trinajstić information content (AvgIpc) is 3.01. The van der Waals surface area contributed by atoms with Gasteiger partial charge in [-0.05, 0) is 13.8 Å². The molecule has 1 aliphatic rings. The number of nitrogens with one attached hydrogen (secondary N) is 2. The number of amides is 1. The number of hydrogen-bond acceptors (Lipinski definition) is 10. The van der Waals surface area contributed by atoms with Gasteiger partial charge in [0.05, 0.1) is 5.54 Å². The Hall–Kier alpha value is -2.73. The van der Waals surface area contributed by atoms with Crippen LogP contribution in [0.25, 0.3) is 0 Å². The Morgan fingerprint density at radius 3 is 2.83 bits per heavy atom. The van der Waals surface area contributed by atoms with E-state index in [-0.39, 0.29) is 16.5 Å². The highest BCUT2D eigenvalue weighted by atomic mass is 32.1. The van der Waals surface area contributed by atoms with Gasteiger partial charge in [0, 0.05) is 5.38 Å². The van der Waals surface area contributed by atoms with Crippen LogP contribution in [0.5, 0.6) is 0 Å². The number of anilines is 1. The predicted molar refractivity (Wildman–Crippen MR) is 81.9 cm³/mol. The van der Waals surface area contributed by atoms with E-state index in [1.165, 1.54) is 5.38 Å². The smallest absolute Gasteiger partial charge is 0.349 e. The van der Waals surface area contributed by atoms with E-state index in [9.17, 15) is 14.4 Å². The molecule has 1 aromatic rings. The van der Waals surface area contributed by atoms with Gasteiger partial charge in [0.1, 0.15) is 11.7 Å². The van der Waals surface area contributed by atoms with Crippen molar-refractivity contribution in [1.29, 1.82) is 0 Å². The predicted octanol–water partition coefficient (Wildman–Crippen LogP) is -1.14. The van der Waals surface area contributed by atoms with Crippen LogP contribution >= 0.6 is 11.3 Å². The van der Waals surface area contributed by atoms with Gasteiger partial charge in [-0.3, -0.25) is 4.79 Å². The lowest BCUT2D eigenvalue weighted by atomic mass is 9.97. The summed E-state index contributed by atoms with van der Waals surface area (Å²) in [6.07, 6.45) is 0. The first-order valence-corrected chi connectivity index (χ1v) is 7.50. The van der Waals surface area contributed by atoms with Gasteiger partial charge in [0.15, 0.2) is 10.8 Å². The summed E-state index contributed by atoms with van der Waals surface area (Å²) in [5.74, 6) is -2.72. The number of nitrogens with zero attached hydrogens (tertiary/aromatic N) is 2. The number of carboxylic acids is 1. The van der Waals surface area contributed by atoms with Gasteiger partial charge < -0.3 is 25.8 Å². The minimum absolute atomic E-state index is 0.0949. The first-order valence-electron chi connectivity index (χ1n) is 6.62. The summed E-state index contributed by atoms with van der Waals surface area (Å²) < 4.78 is 0. The van der Waals surface area contributed by atoms with Crippen LogP contribution in [-0.2, 0) is 24.1 Å². The quantitative estimate of drug-likeness (QED) is 0.363. The second-order valence-corrected chi connectivity index (χ2v) is 6.22. The number of carboxylic acid groups (broad SMARTS) is 1. The summed E-state index contributed by atoms with van der Waals surface area (Å²) in [6, 6.07) is -0.981. The fraction of sp³-hybridized carbons (Fsp3) is 0.417. The molecule has 130 valence electrons. The van der Waals surface area contributed by atoms with Crippen molar-refractivity contribution < 1.29 is 29.2 Å². The van der Waals surface area contributed by atoms with Crippen LogP contribution in [0.4, 0.5) is 5.13 Å². The minimum Gasteiger partial charge on any atom is -0.479 e. The molecule has 2 rings (SSSR count). The van der Waals surface area contributed by atoms with E-state index in [1.807, 2.05) is 0 Å². The Bertz CT molecular complexity index is 700. The number of hydroxylamine groups is 1. The molecule has 0 spiro atoms. The highest BCUT2D eigenvalue weighted by molar-refractivity contribution is 7.13. The molecule has 1 atom stereocenters. The van der Waals surface area contributed by atoms with Crippen molar-refractivity contribution in [2.45, 2.75) is 25.4 Å². The van der Waals surface area contributed by atoms with Gasteiger partial charge in [-0.25, -0.2) is 14.6 Å². The summed E-state index contributed by atoms with van der Waals surface area (Å²) in [6.45, 7) is 2.57. The standard InChI is InChI=1S/C12H15N5O6S/c1-12(2)8(10(21)23-17-12)15-9(20)7(16-22-3-6(18)19)5-4-24-11(13)14-5/h4,8,17H,3H2,1-2H3,(H2,13,14)(H,15,20)(H,18,19)/b16-7-/t8-/m1/s1. The third-order valence-electron chi connectivity index (χ3n) is 2.97. The van der Waals surface area contributed by atoms with Crippen LogP contribution in [0, 0.1) is 0 Å². The number of thiazole rings is 1. The first kappa shape index (κ1) is 17.6. The van der Waals surface area contributed by atoms with Gasteiger partial charge in [0.25, 0.3) is 5.91 Å². The highest BCUT2D eigenvalue weighted by Crippen LogP contribution is 2.18. The van der Waals surface area contributed by atoms with E-state index in [2.05, 4.69) is 25.8 Å². The molecule has 0 bridgehead atoms. The molecule has 1 fully saturated rings. The van der Waals surface area contributed by atoms with Gasteiger partial charge in [-0.2, -0.15) is 0 Å². The summed E-state index contributed by atoms with van der Waals surface area (Å²) >= 11 is 1.06. The summed E-state index contributed by atoms with van der Waals surface area (Å²) in [7, 11) is 0. The summed E-state index contributed by atoms with van der Waals surface area (Å²) in [5, 5.41) is 16.2.